The molecule has 1 aromatic rings. The molecule has 20 heavy (non-hydrogen) atoms. The molecule has 1 saturated heterocycles. The average molecular weight is 333 g/mol. The topological polar surface area (TPSA) is 32.3 Å². The van der Waals surface area contributed by atoms with E-state index in [2.05, 4.69) is 5.32 Å². The van der Waals surface area contributed by atoms with Crippen molar-refractivity contribution in [2.75, 3.05) is 25.4 Å². The number of carbonyl (C=O) groups is 1. The van der Waals surface area contributed by atoms with Gasteiger partial charge in [0.05, 0.1) is 16.6 Å². The predicted molar refractivity (Wildman–Crippen MR) is 88.8 cm³/mol. The van der Waals surface area contributed by atoms with Gasteiger partial charge in [0.15, 0.2) is 0 Å². The van der Waals surface area contributed by atoms with E-state index in [0.29, 0.717) is 17.5 Å². The van der Waals surface area contributed by atoms with Gasteiger partial charge in [-0.05, 0) is 45.0 Å². The van der Waals surface area contributed by atoms with Gasteiger partial charge in [-0.3, -0.25) is 4.79 Å². The Kier molecular flexibility index (Phi) is 6.68. The maximum absolute atomic E-state index is 12.3. The zero-order valence-electron chi connectivity index (χ0n) is 11.7. The molecule has 1 aliphatic rings. The van der Waals surface area contributed by atoms with Gasteiger partial charge in [0.1, 0.15) is 0 Å². The second-order valence-electron chi connectivity index (χ2n) is 4.87. The molecule has 1 fully saturated rings. The zero-order valence-corrected chi connectivity index (χ0v) is 14.1. The monoisotopic (exact) mass is 332 g/mol. The number of thioether (sulfide) groups is 1. The second kappa shape index (κ2) is 8.27. The summed E-state index contributed by atoms with van der Waals surface area (Å²) in [6, 6.07) is 3.90. The molecule has 0 saturated carbocycles. The Bertz CT molecular complexity index is 433. The molecule has 1 aliphatic heterocycles. The third kappa shape index (κ3) is 4.95. The molecule has 0 atom stereocenters. The second-order valence-corrected chi connectivity index (χ2v) is 7.96. The summed E-state index contributed by atoms with van der Waals surface area (Å²) in [6.45, 7) is 5.62. The van der Waals surface area contributed by atoms with Gasteiger partial charge >= 0.3 is 0 Å². The van der Waals surface area contributed by atoms with Crippen LogP contribution in [0.1, 0.15) is 24.6 Å². The predicted octanol–water partition coefficient (Wildman–Crippen LogP) is 3.24. The molecule has 1 aromatic heterocycles. The molecule has 112 valence electrons. The maximum Gasteiger partial charge on any atom is 0.232 e. The molecule has 0 spiro atoms. The highest BCUT2D eigenvalue weighted by Gasteiger charge is 2.18. The lowest BCUT2D eigenvalue weighted by Gasteiger charge is -2.24. The highest BCUT2D eigenvalue weighted by Crippen LogP contribution is 2.24. The number of nitrogens with one attached hydrogen (secondary N) is 1. The molecule has 0 unspecified atom stereocenters. The normalized spacial score (nSPS) is 16.3. The number of hydrogen-bond acceptors (Lipinski definition) is 4. The van der Waals surface area contributed by atoms with Crippen molar-refractivity contribution in [1.29, 1.82) is 0 Å². The quantitative estimate of drug-likeness (QED) is 0.868. The number of rotatable bonds is 6. The van der Waals surface area contributed by atoms with Crippen molar-refractivity contribution in [2.24, 2.45) is 0 Å². The van der Waals surface area contributed by atoms with Crippen LogP contribution in [-0.2, 0) is 11.3 Å². The lowest BCUT2D eigenvalue weighted by atomic mass is 10.2. The molecule has 1 N–H and O–H groups in total. The number of carbonyl (C=O) groups excluding carboxylic acids is 1. The van der Waals surface area contributed by atoms with Crippen LogP contribution in [0.2, 0.25) is 4.34 Å². The van der Waals surface area contributed by atoms with Crippen molar-refractivity contribution < 1.29 is 4.79 Å². The number of halogens is 1. The minimum Gasteiger partial charge on any atom is -0.337 e. The molecule has 0 aliphatic carbocycles. The molecule has 0 bridgehead atoms. The third-order valence-electron chi connectivity index (χ3n) is 3.44. The van der Waals surface area contributed by atoms with Crippen molar-refractivity contribution in [3.05, 3.63) is 21.3 Å². The van der Waals surface area contributed by atoms with Gasteiger partial charge in [0, 0.05) is 16.7 Å². The van der Waals surface area contributed by atoms with Crippen LogP contribution in [0.15, 0.2) is 12.1 Å². The van der Waals surface area contributed by atoms with Gasteiger partial charge < -0.3 is 10.2 Å². The summed E-state index contributed by atoms with van der Waals surface area (Å²) in [5.41, 5.74) is 0. The summed E-state index contributed by atoms with van der Waals surface area (Å²) in [7, 11) is 0. The molecule has 0 radical (unpaired) electrons. The summed E-state index contributed by atoms with van der Waals surface area (Å²) in [4.78, 5) is 15.4. The van der Waals surface area contributed by atoms with Crippen molar-refractivity contribution in [3.63, 3.8) is 0 Å². The largest absolute Gasteiger partial charge is 0.337 e. The Balaban J connectivity index is 1.79. The Morgan fingerprint density at radius 2 is 2.25 bits per heavy atom. The molecular formula is C14H21ClN2OS2. The first-order chi connectivity index (χ1) is 9.69. The number of thiophene rings is 1. The first-order valence-electron chi connectivity index (χ1n) is 7.03. The summed E-state index contributed by atoms with van der Waals surface area (Å²) < 4.78 is 0.785. The first kappa shape index (κ1) is 16.1. The van der Waals surface area contributed by atoms with Gasteiger partial charge in [-0.1, -0.05) is 11.6 Å². The summed E-state index contributed by atoms with van der Waals surface area (Å²) in [6.07, 6.45) is 2.34. The lowest BCUT2D eigenvalue weighted by molar-refractivity contribution is -0.128. The van der Waals surface area contributed by atoms with Crippen LogP contribution < -0.4 is 5.32 Å². The fourth-order valence-corrected chi connectivity index (χ4v) is 4.48. The van der Waals surface area contributed by atoms with Crippen molar-refractivity contribution >= 4 is 40.6 Å². The maximum atomic E-state index is 12.3. The molecule has 6 heteroatoms. The zero-order chi connectivity index (χ0) is 14.4. The van der Waals surface area contributed by atoms with Crippen molar-refractivity contribution in [2.45, 2.75) is 31.6 Å². The smallest absolute Gasteiger partial charge is 0.232 e. The fourth-order valence-electron chi connectivity index (χ4n) is 2.24. The van der Waals surface area contributed by atoms with Gasteiger partial charge in [0.25, 0.3) is 0 Å². The summed E-state index contributed by atoms with van der Waals surface area (Å²) in [5.74, 6) is 0.831. The van der Waals surface area contributed by atoms with Crippen molar-refractivity contribution in [3.8, 4) is 0 Å². The van der Waals surface area contributed by atoms with E-state index in [0.717, 1.165) is 28.8 Å². The summed E-state index contributed by atoms with van der Waals surface area (Å²) in [5, 5.41) is 3.99. The van der Waals surface area contributed by atoms with Crippen LogP contribution in [0.4, 0.5) is 0 Å². The van der Waals surface area contributed by atoms with E-state index in [-0.39, 0.29) is 5.91 Å². The molecule has 3 nitrogen and oxygen atoms in total. The molecular weight excluding hydrogens is 312 g/mol. The van der Waals surface area contributed by atoms with Crippen LogP contribution in [0, 0.1) is 0 Å². The minimum atomic E-state index is 0.237. The Morgan fingerprint density at radius 1 is 1.50 bits per heavy atom. The van der Waals surface area contributed by atoms with Crippen LogP contribution in [0.3, 0.4) is 0 Å². The summed E-state index contributed by atoms with van der Waals surface area (Å²) >= 11 is 9.30. The van der Waals surface area contributed by atoms with E-state index in [1.54, 1.807) is 11.3 Å². The van der Waals surface area contributed by atoms with E-state index in [9.17, 15) is 4.79 Å². The number of nitrogens with zero attached hydrogens (tertiary/aromatic N) is 1. The van der Waals surface area contributed by atoms with Crippen LogP contribution in [0.25, 0.3) is 0 Å². The third-order valence-corrected chi connectivity index (χ3v) is 6.01. The minimum absolute atomic E-state index is 0.237. The highest BCUT2D eigenvalue weighted by molar-refractivity contribution is 8.00. The SMILES string of the molecule is CCN(Cc1ccc(Cl)s1)C(=O)CSC1CCNCC1. The Labute approximate surface area is 134 Å². The van der Waals surface area contributed by atoms with Gasteiger partial charge in [-0.2, -0.15) is 0 Å². The molecule has 1 amide bonds. The molecule has 2 rings (SSSR count). The van der Waals surface area contributed by atoms with Gasteiger partial charge in [-0.25, -0.2) is 0 Å². The Morgan fingerprint density at radius 3 is 2.85 bits per heavy atom. The van der Waals surface area contributed by atoms with Gasteiger partial charge in [-0.15, -0.1) is 23.1 Å². The van der Waals surface area contributed by atoms with Crippen LogP contribution >= 0.6 is 34.7 Å². The van der Waals surface area contributed by atoms with E-state index in [1.807, 2.05) is 35.7 Å². The number of amides is 1. The standard InChI is InChI=1S/C14H21ClN2OS2/c1-2-17(9-12-3-4-13(15)20-12)14(18)10-19-11-5-7-16-8-6-11/h3-4,11,16H,2,5-10H2,1H3. The lowest BCUT2D eigenvalue weighted by Crippen LogP contribution is -2.33. The first-order valence-corrected chi connectivity index (χ1v) is 9.27. The molecule has 2 heterocycles. The molecule has 0 aromatic carbocycles. The van der Waals surface area contributed by atoms with Gasteiger partial charge in [0.2, 0.25) is 5.91 Å². The van der Waals surface area contributed by atoms with E-state index >= 15 is 0 Å². The highest BCUT2D eigenvalue weighted by atomic mass is 35.5. The average Bonchev–Trinajstić information content (AvgIpc) is 2.88. The van der Waals surface area contributed by atoms with E-state index < -0.39 is 0 Å². The number of piperidine rings is 1. The Hall–Kier alpha value is -0.230. The van der Waals surface area contributed by atoms with Crippen LogP contribution in [-0.4, -0.2) is 41.4 Å². The van der Waals surface area contributed by atoms with Crippen LogP contribution in [0.5, 0.6) is 0 Å². The van der Waals surface area contributed by atoms with Crippen molar-refractivity contribution in [1.82, 2.24) is 10.2 Å². The fraction of sp³-hybridized carbons (Fsp3) is 0.643. The van der Waals surface area contributed by atoms with E-state index in [1.165, 1.54) is 12.8 Å². The number of hydrogen-bond donors (Lipinski definition) is 1. The van der Waals surface area contributed by atoms with E-state index in [4.69, 9.17) is 11.6 Å².